The zero-order chi connectivity index (χ0) is 17.2. The molecule has 0 spiro atoms. The Morgan fingerprint density at radius 1 is 1.08 bits per heavy atom. The number of nitrogens with one attached hydrogen (secondary N) is 1. The highest BCUT2D eigenvalue weighted by atomic mass is 16.6. The number of aromatic nitrogens is 3. The average molecular weight is 321 g/mol. The Balaban J connectivity index is 1.87. The molecule has 1 N–H and O–H groups in total. The highest BCUT2D eigenvalue weighted by molar-refractivity contribution is 5.91. The van der Waals surface area contributed by atoms with Crippen molar-refractivity contribution in [1.29, 1.82) is 0 Å². The van der Waals surface area contributed by atoms with Gasteiger partial charge in [-0.1, -0.05) is 12.1 Å². The molecule has 2 heterocycles. The maximum absolute atomic E-state index is 12.2. The van der Waals surface area contributed by atoms with Gasteiger partial charge in [0.1, 0.15) is 5.60 Å². The molecule has 122 valence electrons. The largest absolute Gasteiger partial charge is 0.456 e. The summed E-state index contributed by atoms with van der Waals surface area (Å²) in [6, 6.07) is 13.1. The smallest absolute Gasteiger partial charge is 0.338 e. The lowest BCUT2D eigenvalue weighted by molar-refractivity contribution is 0.00696. The first kappa shape index (κ1) is 15.9. The van der Waals surface area contributed by atoms with Crippen molar-refractivity contribution in [2.24, 2.45) is 0 Å². The van der Waals surface area contributed by atoms with E-state index in [1.165, 1.54) is 0 Å². The summed E-state index contributed by atoms with van der Waals surface area (Å²) in [4.78, 5) is 16.3. The van der Waals surface area contributed by atoms with Crippen LogP contribution in [0.5, 0.6) is 0 Å². The van der Waals surface area contributed by atoms with Crippen molar-refractivity contribution in [3.8, 4) is 22.5 Å². The molecule has 3 aromatic rings. The van der Waals surface area contributed by atoms with Gasteiger partial charge in [-0.2, -0.15) is 5.10 Å². The molecule has 0 saturated carbocycles. The Bertz CT molecular complexity index is 848. The van der Waals surface area contributed by atoms with Gasteiger partial charge in [0.05, 0.1) is 17.0 Å². The molecule has 0 fully saturated rings. The van der Waals surface area contributed by atoms with Crippen LogP contribution in [0.1, 0.15) is 31.1 Å². The average Bonchev–Trinajstić information content (AvgIpc) is 3.04. The van der Waals surface area contributed by atoms with Crippen LogP contribution in [0, 0.1) is 0 Å². The second-order valence-corrected chi connectivity index (χ2v) is 6.49. The number of aromatic amines is 1. The van der Waals surface area contributed by atoms with Gasteiger partial charge in [-0.05, 0) is 51.1 Å². The van der Waals surface area contributed by atoms with Crippen molar-refractivity contribution in [3.63, 3.8) is 0 Å². The molecule has 2 aromatic heterocycles. The van der Waals surface area contributed by atoms with E-state index < -0.39 is 5.60 Å². The van der Waals surface area contributed by atoms with Gasteiger partial charge < -0.3 is 4.74 Å². The van der Waals surface area contributed by atoms with Crippen LogP contribution in [0.4, 0.5) is 0 Å². The molecular weight excluding hydrogens is 302 g/mol. The molecule has 5 nitrogen and oxygen atoms in total. The summed E-state index contributed by atoms with van der Waals surface area (Å²) >= 11 is 0. The topological polar surface area (TPSA) is 67.9 Å². The maximum atomic E-state index is 12.2. The van der Waals surface area contributed by atoms with Crippen LogP contribution < -0.4 is 0 Å². The van der Waals surface area contributed by atoms with Crippen LogP contribution in [0.15, 0.2) is 54.9 Å². The fraction of sp³-hybridized carbons (Fsp3) is 0.211. The van der Waals surface area contributed by atoms with Crippen molar-refractivity contribution in [1.82, 2.24) is 15.2 Å². The molecule has 0 atom stereocenters. The van der Waals surface area contributed by atoms with E-state index in [0.717, 1.165) is 22.5 Å². The third-order valence-electron chi connectivity index (χ3n) is 3.34. The van der Waals surface area contributed by atoms with Crippen LogP contribution in [-0.2, 0) is 4.74 Å². The minimum atomic E-state index is -0.519. The predicted octanol–water partition coefficient (Wildman–Crippen LogP) is 4.09. The van der Waals surface area contributed by atoms with Crippen molar-refractivity contribution in [2.75, 3.05) is 0 Å². The molecule has 0 aliphatic carbocycles. The van der Waals surface area contributed by atoms with Crippen LogP contribution in [0.25, 0.3) is 22.5 Å². The van der Waals surface area contributed by atoms with Crippen LogP contribution in [0.3, 0.4) is 0 Å². The van der Waals surface area contributed by atoms with Crippen molar-refractivity contribution >= 4 is 5.97 Å². The molecule has 0 radical (unpaired) electrons. The molecule has 5 heteroatoms. The second-order valence-electron chi connectivity index (χ2n) is 6.49. The summed E-state index contributed by atoms with van der Waals surface area (Å²) in [5.41, 5.74) is 3.44. The van der Waals surface area contributed by atoms with Crippen LogP contribution in [-0.4, -0.2) is 26.8 Å². The SMILES string of the molecule is CC(C)(C)OC(=O)c1cccc(-c2cc(-c3cccnc3)n[nH]2)c1. The van der Waals surface area contributed by atoms with E-state index in [-0.39, 0.29) is 5.97 Å². The van der Waals surface area contributed by atoms with Gasteiger partial charge in [0.25, 0.3) is 0 Å². The zero-order valence-corrected chi connectivity index (χ0v) is 13.9. The Morgan fingerprint density at radius 2 is 1.88 bits per heavy atom. The summed E-state index contributed by atoms with van der Waals surface area (Å²) in [5.74, 6) is -0.337. The monoisotopic (exact) mass is 321 g/mol. The van der Waals surface area contributed by atoms with E-state index in [2.05, 4.69) is 15.2 Å². The molecule has 24 heavy (non-hydrogen) atoms. The first-order chi connectivity index (χ1) is 11.4. The fourth-order valence-electron chi connectivity index (χ4n) is 2.28. The normalized spacial score (nSPS) is 11.3. The number of esters is 1. The third-order valence-corrected chi connectivity index (χ3v) is 3.34. The molecular formula is C19H19N3O2. The fourth-order valence-corrected chi connectivity index (χ4v) is 2.28. The summed E-state index contributed by atoms with van der Waals surface area (Å²) < 4.78 is 5.42. The Morgan fingerprint density at radius 3 is 2.58 bits per heavy atom. The highest BCUT2D eigenvalue weighted by Gasteiger charge is 2.18. The Hall–Kier alpha value is -2.95. The number of carbonyl (C=O) groups excluding carboxylic acids is 1. The quantitative estimate of drug-likeness (QED) is 0.738. The number of pyridine rings is 1. The van der Waals surface area contributed by atoms with E-state index in [9.17, 15) is 4.79 Å². The first-order valence-electron chi connectivity index (χ1n) is 7.72. The van der Waals surface area contributed by atoms with E-state index in [1.807, 2.05) is 51.1 Å². The molecule has 0 saturated heterocycles. The number of hydrogen-bond donors (Lipinski definition) is 1. The van der Waals surface area contributed by atoms with Gasteiger partial charge in [-0.3, -0.25) is 10.1 Å². The highest BCUT2D eigenvalue weighted by Crippen LogP contribution is 2.24. The Kier molecular flexibility index (Phi) is 4.16. The second kappa shape index (κ2) is 6.28. The third kappa shape index (κ3) is 3.68. The molecule has 3 rings (SSSR count). The van der Waals surface area contributed by atoms with Gasteiger partial charge in [-0.25, -0.2) is 4.79 Å². The number of carbonyl (C=O) groups is 1. The van der Waals surface area contributed by atoms with Gasteiger partial charge in [0, 0.05) is 23.5 Å². The standard InChI is InChI=1S/C19H19N3O2/c1-19(2,3)24-18(23)14-7-4-6-13(10-14)16-11-17(22-21-16)15-8-5-9-20-12-15/h4-12H,1-3H3,(H,21,22). The van der Waals surface area contributed by atoms with Crippen LogP contribution >= 0.6 is 0 Å². The molecule has 0 amide bonds. The summed E-state index contributed by atoms with van der Waals surface area (Å²) in [6.45, 7) is 5.55. The van der Waals surface area contributed by atoms with E-state index in [1.54, 1.807) is 24.5 Å². The number of rotatable bonds is 3. The lowest BCUT2D eigenvalue weighted by Crippen LogP contribution is -2.23. The molecule has 1 aromatic carbocycles. The van der Waals surface area contributed by atoms with Gasteiger partial charge in [0.2, 0.25) is 0 Å². The molecule has 0 unspecified atom stereocenters. The van der Waals surface area contributed by atoms with E-state index >= 15 is 0 Å². The lowest BCUT2D eigenvalue weighted by atomic mass is 10.1. The number of nitrogens with zero attached hydrogens (tertiary/aromatic N) is 2. The maximum Gasteiger partial charge on any atom is 0.338 e. The van der Waals surface area contributed by atoms with Crippen molar-refractivity contribution in [2.45, 2.75) is 26.4 Å². The number of hydrogen-bond acceptors (Lipinski definition) is 4. The molecule has 0 aliphatic rings. The Labute approximate surface area is 140 Å². The number of benzene rings is 1. The zero-order valence-electron chi connectivity index (χ0n) is 13.9. The minimum Gasteiger partial charge on any atom is -0.456 e. The molecule has 0 aliphatic heterocycles. The van der Waals surface area contributed by atoms with Gasteiger partial charge in [-0.15, -0.1) is 0 Å². The predicted molar refractivity (Wildman–Crippen MR) is 92.4 cm³/mol. The van der Waals surface area contributed by atoms with Crippen molar-refractivity contribution in [3.05, 3.63) is 60.4 Å². The van der Waals surface area contributed by atoms with Gasteiger partial charge >= 0.3 is 5.97 Å². The van der Waals surface area contributed by atoms with E-state index in [0.29, 0.717) is 5.56 Å². The van der Waals surface area contributed by atoms with Crippen LogP contribution in [0.2, 0.25) is 0 Å². The summed E-state index contributed by atoms with van der Waals surface area (Å²) in [6.07, 6.45) is 3.48. The summed E-state index contributed by atoms with van der Waals surface area (Å²) in [5, 5.41) is 7.32. The summed E-state index contributed by atoms with van der Waals surface area (Å²) in [7, 11) is 0. The first-order valence-corrected chi connectivity index (χ1v) is 7.72. The number of H-pyrrole nitrogens is 1. The van der Waals surface area contributed by atoms with E-state index in [4.69, 9.17) is 4.74 Å². The number of ether oxygens (including phenoxy) is 1. The lowest BCUT2D eigenvalue weighted by Gasteiger charge is -2.19. The minimum absolute atomic E-state index is 0.337. The molecule has 0 bridgehead atoms. The van der Waals surface area contributed by atoms with Gasteiger partial charge in [0.15, 0.2) is 0 Å². The van der Waals surface area contributed by atoms with Crippen molar-refractivity contribution < 1.29 is 9.53 Å².